The second kappa shape index (κ2) is 7.73. The second-order valence-corrected chi connectivity index (χ2v) is 8.02. The Balaban J connectivity index is 1.44. The molecule has 0 bridgehead atoms. The topological polar surface area (TPSA) is 105 Å². The average Bonchev–Trinajstić information content (AvgIpc) is 3.37. The zero-order chi connectivity index (χ0) is 20.7. The summed E-state index contributed by atoms with van der Waals surface area (Å²) in [7, 11) is 1.62. The molecule has 9 heteroatoms. The van der Waals surface area contributed by atoms with Crippen LogP contribution < -0.4 is 20.8 Å². The van der Waals surface area contributed by atoms with Crippen LogP contribution in [0.2, 0.25) is 0 Å². The fourth-order valence-electron chi connectivity index (χ4n) is 4.69. The van der Waals surface area contributed by atoms with Crippen molar-refractivity contribution in [3.63, 3.8) is 0 Å². The van der Waals surface area contributed by atoms with Gasteiger partial charge in [0.1, 0.15) is 11.9 Å². The van der Waals surface area contributed by atoms with Gasteiger partial charge in [0.05, 0.1) is 18.6 Å². The number of hydrogen-bond donors (Lipinski definition) is 3. The zero-order valence-corrected chi connectivity index (χ0v) is 17.1. The Morgan fingerprint density at radius 1 is 1.23 bits per heavy atom. The van der Waals surface area contributed by atoms with Crippen molar-refractivity contribution in [1.29, 1.82) is 0 Å². The number of carbonyl (C=O) groups excluding carboxylic acids is 1. The number of nitrogens with one attached hydrogen (secondary N) is 3. The minimum atomic E-state index is -0.270. The molecule has 0 aliphatic carbocycles. The van der Waals surface area contributed by atoms with Crippen molar-refractivity contribution in [1.82, 2.24) is 31.2 Å². The number of para-hydroxylation sites is 1. The fraction of sp³-hybridized carbons (Fsp3) is 0.476. The highest BCUT2D eigenvalue weighted by Crippen LogP contribution is 2.38. The number of ether oxygens (including phenoxy) is 1. The lowest BCUT2D eigenvalue weighted by atomic mass is 9.91. The van der Waals surface area contributed by atoms with Crippen LogP contribution >= 0.6 is 0 Å². The Morgan fingerprint density at radius 3 is 2.83 bits per heavy atom. The van der Waals surface area contributed by atoms with Crippen LogP contribution in [0.3, 0.4) is 0 Å². The van der Waals surface area contributed by atoms with E-state index in [-0.39, 0.29) is 24.0 Å². The number of methoxy groups -OCH3 is 1. The molecule has 1 amide bonds. The molecule has 2 aromatic rings. The number of amides is 1. The van der Waals surface area contributed by atoms with Gasteiger partial charge in [-0.3, -0.25) is 9.80 Å². The highest BCUT2D eigenvalue weighted by Gasteiger charge is 2.48. The molecule has 0 spiro atoms. The van der Waals surface area contributed by atoms with Crippen LogP contribution in [0.25, 0.3) is 11.4 Å². The maximum Gasteiger partial charge on any atom is 0.247 e. The van der Waals surface area contributed by atoms with E-state index in [9.17, 15) is 4.79 Å². The molecule has 3 aliphatic heterocycles. The lowest BCUT2D eigenvalue weighted by Gasteiger charge is -2.38. The van der Waals surface area contributed by atoms with Crippen LogP contribution in [0.4, 0.5) is 0 Å². The number of nitrogens with zero attached hydrogens (tertiary/aromatic N) is 3. The predicted molar refractivity (Wildman–Crippen MR) is 109 cm³/mol. The third kappa shape index (κ3) is 3.23. The summed E-state index contributed by atoms with van der Waals surface area (Å²) in [6.45, 7) is 4.00. The minimum Gasteiger partial charge on any atom is -0.496 e. The molecule has 30 heavy (non-hydrogen) atoms. The van der Waals surface area contributed by atoms with E-state index in [4.69, 9.17) is 9.26 Å². The molecule has 1 aromatic heterocycles. The third-order valence-electron chi connectivity index (χ3n) is 6.18. The van der Waals surface area contributed by atoms with Gasteiger partial charge in [0, 0.05) is 23.7 Å². The molecule has 3 unspecified atom stereocenters. The summed E-state index contributed by atoms with van der Waals surface area (Å²) < 4.78 is 11.1. The summed E-state index contributed by atoms with van der Waals surface area (Å²) in [5, 5.41) is 12.8. The van der Waals surface area contributed by atoms with Gasteiger partial charge in [-0.2, -0.15) is 4.98 Å². The summed E-state index contributed by atoms with van der Waals surface area (Å²) in [4.78, 5) is 17.2. The first-order chi connectivity index (χ1) is 14.7. The largest absolute Gasteiger partial charge is 0.496 e. The van der Waals surface area contributed by atoms with E-state index in [1.54, 1.807) is 13.2 Å². The van der Waals surface area contributed by atoms with Gasteiger partial charge in [-0.15, -0.1) is 0 Å². The standard InChI is InChI=1S/C21H26N6O3/c1-12-18(21-24-19(26-30-21)14-5-3-4-6-16(14)29-2)20-23-17(28)11-15(27(20)25-12)13-7-9-22-10-8-13/h3-6,11-13,18,20,22,25H,7-10H2,1-2H3,(H,23,28). The van der Waals surface area contributed by atoms with E-state index in [0.29, 0.717) is 23.4 Å². The van der Waals surface area contributed by atoms with Crippen LogP contribution in [0, 0.1) is 5.92 Å². The van der Waals surface area contributed by atoms with Gasteiger partial charge in [0.15, 0.2) is 0 Å². The van der Waals surface area contributed by atoms with Gasteiger partial charge in [-0.1, -0.05) is 17.3 Å². The first-order valence-corrected chi connectivity index (χ1v) is 10.4. The number of allylic oxidation sites excluding steroid dienone is 1. The highest BCUT2D eigenvalue weighted by atomic mass is 16.5. The summed E-state index contributed by atoms with van der Waals surface area (Å²) in [5.74, 6) is 1.77. The van der Waals surface area contributed by atoms with Gasteiger partial charge >= 0.3 is 0 Å². The Labute approximate surface area is 174 Å². The molecule has 1 aromatic carbocycles. The second-order valence-electron chi connectivity index (χ2n) is 8.02. The molecule has 3 aliphatic rings. The minimum absolute atomic E-state index is 0.0180. The normalized spacial score (nSPS) is 26.9. The van der Waals surface area contributed by atoms with E-state index in [1.165, 1.54) is 0 Å². The van der Waals surface area contributed by atoms with E-state index in [1.807, 2.05) is 24.3 Å². The molecule has 2 fully saturated rings. The van der Waals surface area contributed by atoms with Gasteiger partial charge in [-0.05, 0) is 45.0 Å². The number of aromatic nitrogens is 2. The molecule has 2 saturated heterocycles. The van der Waals surface area contributed by atoms with Crippen molar-refractivity contribution in [3.8, 4) is 17.1 Å². The van der Waals surface area contributed by atoms with Gasteiger partial charge in [0.2, 0.25) is 17.6 Å². The number of fused-ring (bicyclic) bond motifs is 1. The Kier molecular flexibility index (Phi) is 4.92. The number of hydrogen-bond acceptors (Lipinski definition) is 8. The van der Waals surface area contributed by atoms with Crippen molar-refractivity contribution in [2.75, 3.05) is 20.2 Å². The van der Waals surface area contributed by atoms with Crippen LogP contribution in [0.15, 0.2) is 40.6 Å². The van der Waals surface area contributed by atoms with Crippen molar-refractivity contribution in [2.24, 2.45) is 5.92 Å². The van der Waals surface area contributed by atoms with Gasteiger partial charge in [0.25, 0.3) is 0 Å². The molecule has 0 saturated carbocycles. The summed E-state index contributed by atoms with van der Waals surface area (Å²) in [5.41, 5.74) is 5.34. The third-order valence-corrected chi connectivity index (χ3v) is 6.18. The van der Waals surface area contributed by atoms with Crippen molar-refractivity contribution in [3.05, 3.63) is 41.9 Å². The lowest BCUT2D eigenvalue weighted by molar-refractivity contribution is -0.119. The van der Waals surface area contributed by atoms with Gasteiger partial charge < -0.3 is 19.9 Å². The van der Waals surface area contributed by atoms with Crippen LogP contribution in [-0.4, -0.2) is 53.5 Å². The Morgan fingerprint density at radius 2 is 2.03 bits per heavy atom. The number of piperidine rings is 1. The number of benzene rings is 1. The van der Waals surface area contributed by atoms with E-state index >= 15 is 0 Å². The maximum atomic E-state index is 12.5. The van der Waals surface area contributed by atoms with E-state index in [0.717, 1.165) is 37.2 Å². The smallest absolute Gasteiger partial charge is 0.247 e. The average molecular weight is 410 g/mol. The van der Waals surface area contributed by atoms with E-state index < -0.39 is 0 Å². The summed E-state index contributed by atoms with van der Waals surface area (Å²) in [6.07, 6.45) is 3.49. The number of rotatable bonds is 4. The van der Waals surface area contributed by atoms with Crippen LogP contribution in [0.1, 0.15) is 31.6 Å². The fourth-order valence-corrected chi connectivity index (χ4v) is 4.69. The number of carbonyl (C=O) groups is 1. The predicted octanol–water partition coefficient (Wildman–Crippen LogP) is 1.38. The SMILES string of the molecule is COc1ccccc1-c1noc(C2C(C)NN3C(C4CCNCC4)=CC(=O)NC23)n1. The highest BCUT2D eigenvalue weighted by molar-refractivity contribution is 5.89. The Hall–Kier alpha value is -2.91. The van der Waals surface area contributed by atoms with Crippen LogP contribution in [0.5, 0.6) is 5.75 Å². The molecule has 158 valence electrons. The lowest BCUT2D eigenvalue weighted by Crippen LogP contribution is -2.54. The molecule has 5 rings (SSSR count). The molecule has 0 radical (unpaired) electrons. The van der Waals surface area contributed by atoms with Gasteiger partial charge in [-0.25, -0.2) is 5.43 Å². The molecule has 3 N–H and O–H groups in total. The monoisotopic (exact) mass is 410 g/mol. The van der Waals surface area contributed by atoms with Crippen molar-refractivity contribution in [2.45, 2.75) is 37.9 Å². The maximum absolute atomic E-state index is 12.5. The number of hydrazine groups is 1. The molecule has 4 heterocycles. The first-order valence-electron chi connectivity index (χ1n) is 10.4. The first kappa shape index (κ1) is 19.1. The molecule has 3 atom stereocenters. The summed E-state index contributed by atoms with van der Waals surface area (Å²) >= 11 is 0. The molecular formula is C21H26N6O3. The van der Waals surface area contributed by atoms with Crippen LogP contribution in [-0.2, 0) is 4.79 Å². The quantitative estimate of drug-likeness (QED) is 0.694. The van der Waals surface area contributed by atoms with Crippen molar-refractivity contribution < 1.29 is 14.1 Å². The molecular weight excluding hydrogens is 384 g/mol. The summed E-state index contributed by atoms with van der Waals surface area (Å²) in [6, 6.07) is 7.59. The van der Waals surface area contributed by atoms with Crippen molar-refractivity contribution >= 4 is 5.91 Å². The Bertz CT molecular complexity index is 967. The molecule has 9 nitrogen and oxygen atoms in total. The van der Waals surface area contributed by atoms with E-state index in [2.05, 4.69) is 38.1 Å². The zero-order valence-electron chi connectivity index (χ0n) is 17.1.